The van der Waals surface area contributed by atoms with E-state index < -0.39 is 0 Å². The van der Waals surface area contributed by atoms with Crippen LogP contribution >= 0.6 is 0 Å². The van der Waals surface area contributed by atoms with Crippen LogP contribution in [0.3, 0.4) is 0 Å². The van der Waals surface area contributed by atoms with Crippen molar-refractivity contribution >= 4 is 5.91 Å². The summed E-state index contributed by atoms with van der Waals surface area (Å²) in [6, 6.07) is 0. The first-order valence-electron chi connectivity index (χ1n) is 8.28. The number of nitrogens with zero attached hydrogens (tertiary/aromatic N) is 4. The summed E-state index contributed by atoms with van der Waals surface area (Å²) in [6.07, 6.45) is 7.70. The second kappa shape index (κ2) is 7.57. The molecule has 2 heterocycles. The van der Waals surface area contributed by atoms with Gasteiger partial charge in [-0.2, -0.15) is 0 Å². The van der Waals surface area contributed by atoms with Crippen LogP contribution in [0.15, 0.2) is 6.20 Å². The number of likely N-dealkylation sites (tertiary alicyclic amines) is 1. The van der Waals surface area contributed by atoms with E-state index in [0.29, 0.717) is 5.92 Å². The van der Waals surface area contributed by atoms with Gasteiger partial charge in [0.25, 0.3) is 0 Å². The van der Waals surface area contributed by atoms with Crippen LogP contribution in [0.4, 0.5) is 0 Å². The average molecular weight is 292 g/mol. The van der Waals surface area contributed by atoms with Gasteiger partial charge in [-0.3, -0.25) is 9.48 Å². The van der Waals surface area contributed by atoms with E-state index in [1.165, 1.54) is 19.3 Å². The quantitative estimate of drug-likeness (QED) is 0.809. The highest BCUT2D eigenvalue weighted by Crippen LogP contribution is 2.19. The van der Waals surface area contributed by atoms with Gasteiger partial charge in [-0.1, -0.05) is 32.4 Å². The molecule has 1 aromatic rings. The average Bonchev–Trinajstić information content (AvgIpc) is 2.92. The smallest absolute Gasteiger partial charge is 0.225 e. The van der Waals surface area contributed by atoms with Crippen LogP contribution in [0.5, 0.6) is 0 Å². The van der Waals surface area contributed by atoms with Gasteiger partial charge in [0, 0.05) is 31.7 Å². The summed E-state index contributed by atoms with van der Waals surface area (Å²) < 4.78 is 1.96. The zero-order chi connectivity index (χ0) is 15.2. The third-order valence-corrected chi connectivity index (χ3v) is 4.14. The standard InChI is InChI=1S/C16H28N4O/c1-4-5-8-15-12-20(18-17-15)11-14-7-6-9-19(10-14)16(21)13(2)3/h12-14H,4-11H2,1-3H3/t14-/m1/s1. The molecule has 0 N–H and O–H groups in total. The number of piperidine rings is 1. The summed E-state index contributed by atoms with van der Waals surface area (Å²) in [5.74, 6) is 0.875. The fraction of sp³-hybridized carbons (Fsp3) is 0.812. The van der Waals surface area contributed by atoms with Crippen LogP contribution in [0.2, 0.25) is 0 Å². The van der Waals surface area contributed by atoms with Crippen LogP contribution in [0, 0.1) is 11.8 Å². The maximum Gasteiger partial charge on any atom is 0.225 e. The van der Waals surface area contributed by atoms with Gasteiger partial charge in [0.15, 0.2) is 0 Å². The summed E-state index contributed by atoms with van der Waals surface area (Å²) in [5, 5.41) is 8.47. The highest BCUT2D eigenvalue weighted by atomic mass is 16.2. The van der Waals surface area contributed by atoms with E-state index in [9.17, 15) is 4.79 Å². The molecule has 1 saturated heterocycles. The lowest BCUT2D eigenvalue weighted by atomic mass is 9.97. The van der Waals surface area contributed by atoms with Gasteiger partial charge in [0.1, 0.15) is 0 Å². The molecule has 1 aliphatic rings. The predicted octanol–water partition coefficient (Wildman–Crippen LogP) is 2.52. The molecule has 5 nitrogen and oxygen atoms in total. The Labute approximate surface area is 127 Å². The Kier molecular flexibility index (Phi) is 5.76. The van der Waals surface area contributed by atoms with Gasteiger partial charge in [-0.15, -0.1) is 5.10 Å². The Hall–Kier alpha value is -1.39. The van der Waals surface area contributed by atoms with E-state index in [1.807, 2.05) is 23.4 Å². The number of aromatic nitrogens is 3. The van der Waals surface area contributed by atoms with Crippen LogP contribution in [-0.4, -0.2) is 38.9 Å². The number of amides is 1. The lowest BCUT2D eigenvalue weighted by molar-refractivity contribution is -0.136. The van der Waals surface area contributed by atoms with Crippen molar-refractivity contribution in [2.75, 3.05) is 13.1 Å². The zero-order valence-corrected chi connectivity index (χ0v) is 13.6. The van der Waals surface area contributed by atoms with E-state index >= 15 is 0 Å². The van der Waals surface area contributed by atoms with Gasteiger partial charge in [-0.05, 0) is 31.6 Å². The maximum atomic E-state index is 12.1. The van der Waals surface area contributed by atoms with Crippen molar-refractivity contribution in [1.82, 2.24) is 19.9 Å². The van der Waals surface area contributed by atoms with Gasteiger partial charge in [-0.25, -0.2) is 0 Å². The number of hydrogen-bond acceptors (Lipinski definition) is 3. The van der Waals surface area contributed by atoms with Gasteiger partial charge in [0.05, 0.1) is 5.69 Å². The van der Waals surface area contributed by atoms with Crippen molar-refractivity contribution in [1.29, 1.82) is 0 Å². The predicted molar refractivity (Wildman–Crippen MR) is 82.8 cm³/mol. The van der Waals surface area contributed by atoms with E-state index in [4.69, 9.17) is 0 Å². The summed E-state index contributed by atoms with van der Waals surface area (Å²) >= 11 is 0. The van der Waals surface area contributed by atoms with E-state index in [1.54, 1.807) is 0 Å². The van der Waals surface area contributed by atoms with Crippen molar-refractivity contribution in [2.45, 2.75) is 59.4 Å². The van der Waals surface area contributed by atoms with Gasteiger partial charge >= 0.3 is 0 Å². The summed E-state index contributed by atoms with van der Waals surface area (Å²) in [4.78, 5) is 14.1. The summed E-state index contributed by atoms with van der Waals surface area (Å²) in [6.45, 7) is 8.79. The third-order valence-electron chi connectivity index (χ3n) is 4.14. The summed E-state index contributed by atoms with van der Waals surface area (Å²) in [7, 11) is 0. The first kappa shape index (κ1) is 16.0. The molecule has 21 heavy (non-hydrogen) atoms. The second-order valence-corrected chi connectivity index (χ2v) is 6.48. The van der Waals surface area contributed by atoms with Crippen molar-refractivity contribution in [3.8, 4) is 0 Å². The molecule has 0 bridgehead atoms. The minimum absolute atomic E-state index is 0.0933. The Morgan fingerprint density at radius 3 is 3.00 bits per heavy atom. The second-order valence-electron chi connectivity index (χ2n) is 6.48. The minimum Gasteiger partial charge on any atom is -0.342 e. The lowest BCUT2D eigenvalue weighted by Gasteiger charge is -2.33. The first-order chi connectivity index (χ1) is 10.1. The fourth-order valence-corrected chi connectivity index (χ4v) is 2.94. The molecule has 0 radical (unpaired) electrons. The molecular weight excluding hydrogens is 264 g/mol. The Morgan fingerprint density at radius 2 is 2.29 bits per heavy atom. The molecular formula is C16H28N4O. The number of carbonyl (C=O) groups excluding carboxylic acids is 1. The van der Waals surface area contributed by atoms with Crippen molar-refractivity contribution in [2.24, 2.45) is 11.8 Å². The van der Waals surface area contributed by atoms with Crippen LogP contribution in [0.1, 0.15) is 52.1 Å². The van der Waals surface area contributed by atoms with Gasteiger partial charge < -0.3 is 4.90 Å². The topological polar surface area (TPSA) is 51.0 Å². The number of unbranched alkanes of at least 4 members (excludes halogenated alkanes) is 1. The van der Waals surface area contributed by atoms with Crippen LogP contribution in [0.25, 0.3) is 0 Å². The fourth-order valence-electron chi connectivity index (χ4n) is 2.94. The van der Waals surface area contributed by atoms with Crippen LogP contribution in [-0.2, 0) is 17.8 Å². The molecule has 1 amide bonds. The molecule has 1 aromatic heterocycles. The normalized spacial score (nSPS) is 19.2. The Balaban J connectivity index is 1.87. The maximum absolute atomic E-state index is 12.1. The van der Waals surface area contributed by atoms with Gasteiger partial charge in [0.2, 0.25) is 5.91 Å². The molecule has 0 aromatic carbocycles. The van der Waals surface area contributed by atoms with Crippen molar-refractivity contribution in [3.63, 3.8) is 0 Å². The molecule has 0 saturated carbocycles. The molecule has 1 aliphatic heterocycles. The SMILES string of the molecule is CCCCc1cn(C[C@@H]2CCCN(C(=O)C(C)C)C2)nn1. The minimum atomic E-state index is 0.0933. The highest BCUT2D eigenvalue weighted by molar-refractivity contribution is 5.78. The van der Waals surface area contributed by atoms with E-state index in [0.717, 1.165) is 38.2 Å². The molecule has 1 atom stereocenters. The van der Waals surface area contributed by atoms with E-state index in [-0.39, 0.29) is 11.8 Å². The number of rotatable bonds is 6. The Bertz CT molecular complexity index is 455. The molecule has 5 heteroatoms. The number of hydrogen-bond donors (Lipinski definition) is 0. The molecule has 0 unspecified atom stereocenters. The molecule has 2 rings (SSSR count). The molecule has 0 spiro atoms. The molecule has 0 aliphatic carbocycles. The highest BCUT2D eigenvalue weighted by Gasteiger charge is 2.25. The van der Waals surface area contributed by atoms with Crippen LogP contribution < -0.4 is 0 Å². The summed E-state index contributed by atoms with van der Waals surface area (Å²) in [5.41, 5.74) is 1.09. The number of aryl methyl sites for hydroxylation is 1. The van der Waals surface area contributed by atoms with E-state index in [2.05, 4.69) is 23.4 Å². The van der Waals surface area contributed by atoms with Crippen molar-refractivity contribution in [3.05, 3.63) is 11.9 Å². The lowest BCUT2D eigenvalue weighted by Crippen LogP contribution is -2.42. The molecule has 118 valence electrons. The monoisotopic (exact) mass is 292 g/mol. The first-order valence-corrected chi connectivity index (χ1v) is 8.28. The van der Waals surface area contributed by atoms with Crippen molar-refractivity contribution < 1.29 is 4.79 Å². The zero-order valence-electron chi connectivity index (χ0n) is 13.6. The Morgan fingerprint density at radius 1 is 1.48 bits per heavy atom. The number of carbonyl (C=O) groups is 1. The third kappa shape index (κ3) is 4.55. The largest absolute Gasteiger partial charge is 0.342 e. The molecule has 1 fully saturated rings.